The molecular formula is C11H11BrF2O. The van der Waals surface area contributed by atoms with Crippen LogP contribution in [0.25, 0.3) is 0 Å². The van der Waals surface area contributed by atoms with Gasteiger partial charge in [0.15, 0.2) is 11.6 Å². The van der Waals surface area contributed by atoms with Gasteiger partial charge in [0.05, 0.1) is 5.60 Å². The van der Waals surface area contributed by atoms with Crippen molar-refractivity contribution in [2.75, 3.05) is 0 Å². The van der Waals surface area contributed by atoms with Crippen molar-refractivity contribution in [3.05, 3.63) is 33.8 Å². The molecule has 1 saturated carbocycles. The molecule has 1 N–H and O–H groups in total. The van der Waals surface area contributed by atoms with E-state index in [4.69, 9.17) is 0 Å². The topological polar surface area (TPSA) is 20.2 Å². The van der Waals surface area contributed by atoms with Crippen molar-refractivity contribution in [2.24, 2.45) is 0 Å². The van der Waals surface area contributed by atoms with Gasteiger partial charge in [-0.3, -0.25) is 0 Å². The van der Waals surface area contributed by atoms with Crippen LogP contribution in [0.15, 0.2) is 16.6 Å². The smallest absolute Gasteiger partial charge is 0.159 e. The highest BCUT2D eigenvalue weighted by Crippen LogP contribution is 2.39. The van der Waals surface area contributed by atoms with Crippen LogP contribution in [0.1, 0.15) is 24.8 Å². The van der Waals surface area contributed by atoms with Crippen molar-refractivity contribution in [2.45, 2.75) is 31.3 Å². The minimum Gasteiger partial charge on any atom is -0.390 e. The summed E-state index contributed by atoms with van der Waals surface area (Å²) in [7, 11) is 0. The van der Waals surface area contributed by atoms with Crippen molar-refractivity contribution in [3.63, 3.8) is 0 Å². The molecule has 0 radical (unpaired) electrons. The van der Waals surface area contributed by atoms with Crippen molar-refractivity contribution in [3.8, 4) is 0 Å². The molecule has 1 nitrogen and oxygen atoms in total. The maximum atomic E-state index is 12.9. The van der Waals surface area contributed by atoms with Gasteiger partial charge in [0.1, 0.15) is 0 Å². The summed E-state index contributed by atoms with van der Waals surface area (Å²) < 4.78 is 26.3. The summed E-state index contributed by atoms with van der Waals surface area (Å²) in [5.41, 5.74) is 0.152. The van der Waals surface area contributed by atoms with E-state index in [-0.39, 0.29) is 0 Å². The minimum atomic E-state index is -0.851. The van der Waals surface area contributed by atoms with Gasteiger partial charge in [0, 0.05) is 4.47 Å². The third kappa shape index (κ3) is 2.55. The van der Waals surface area contributed by atoms with Gasteiger partial charge >= 0.3 is 0 Å². The molecular weight excluding hydrogens is 266 g/mol. The van der Waals surface area contributed by atoms with Crippen LogP contribution in [-0.4, -0.2) is 10.7 Å². The van der Waals surface area contributed by atoms with Crippen molar-refractivity contribution in [1.29, 1.82) is 0 Å². The normalized spacial score (nSPS) is 17.9. The van der Waals surface area contributed by atoms with E-state index in [1.54, 1.807) is 0 Å². The van der Waals surface area contributed by atoms with Crippen molar-refractivity contribution in [1.82, 2.24) is 0 Å². The summed E-state index contributed by atoms with van der Waals surface area (Å²) in [6.45, 7) is 0. The zero-order valence-electron chi connectivity index (χ0n) is 8.06. The molecule has 0 atom stereocenters. The Hall–Kier alpha value is -0.480. The third-order valence-corrected chi connectivity index (χ3v) is 3.51. The van der Waals surface area contributed by atoms with Crippen LogP contribution in [0.2, 0.25) is 0 Å². The van der Waals surface area contributed by atoms with Crippen LogP contribution in [-0.2, 0) is 6.42 Å². The van der Waals surface area contributed by atoms with E-state index in [2.05, 4.69) is 15.9 Å². The quantitative estimate of drug-likeness (QED) is 0.841. The van der Waals surface area contributed by atoms with E-state index in [9.17, 15) is 13.9 Å². The molecule has 0 spiro atoms. The number of hydrogen-bond donors (Lipinski definition) is 1. The summed E-state index contributed by atoms with van der Waals surface area (Å²) in [6, 6.07) is 2.31. The van der Waals surface area contributed by atoms with Gasteiger partial charge < -0.3 is 5.11 Å². The predicted octanol–water partition coefficient (Wildman–Crippen LogP) is 3.18. The Morgan fingerprint density at radius 1 is 1.27 bits per heavy atom. The first-order valence-corrected chi connectivity index (χ1v) is 5.65. The molecule has 0 amide bonds. The first kappa shape index (κ1) is 11.0. The molecule has 1 aromatic carbocycles. The highest BCUT2D eigenvalue weighted by atomic mass is 79.9. The number of aryl methyl sites for hydroxylation is 1. The molecule has 0 heterocycles. The molecule has 0 bridgehead atoms. The second kappa shape index (κ2) is 3.83. The first-order chi connectivity index (χ1) is 7.00. The number of rotatable bonds is 3. The fourth-order valence-electron chi connectivity index (χ4n) is 1.52. The van der Waals surface area contributed by atoms with E-state index in [0.717, 1.165) is 18.9 Å². The Balaban J connectivity index is 2.10. The fourth-order valence-corrected chi connectivity index (χ4v) is 2.03. The van der Waals surface area contributed by atoms with Crippen molar-refractivity contribution >= 4 is 15.9 Å². The van der Waals surface area contributed by atoms with Gasteiger partial charge in [-0.05, 0) is 43.4 Å². The zero-order chi connectivity index (χ0) is 11.1. The molecule has 82 valence electrons. The predicted molar refractivity (Wildman–Crippen MR) is 56.6 cm³/mol. The highest BCUT2D eigenvalue weighted by molar-refractivity contribution is 9.10. The van der Waals surface area contributed by atoms with E-state index in [0.29, 0.717) is 22.9 Å². The number of hydrogen-bond acceptors (Lipinski definition) is 1. The Bertz CT molecular complexity index is 388. The maximum absolute atomic E-state index is 12.9. The lowest BCUT2D eigenvalue weighted by atomic mass is 10.1. The van der Waals surface area contributed by atoms with E-state index in [1.807, 2.05) is 0 Å². The van der Waals surface area contributed by atoms with Gasteiger partial charge in [-0.25, -0.2) is 8.78 Å². The Labute approximate surface area is 95.2 Å². The molecule has 4 heteroatoms. The third-order valence-electron chi connectivity index (χ3n) is 2.78. The average Bonchev–Trinajstić information content (AvgIpc) is 2.89. The van der Waals surface area contributed by atoms with Gasteiger partial charge in [0.2, 0.25) is 0 Å². The van der Waals surface area contributed by atoms with Crippen molar-refractivity contribution < 1.29 is 13.9 Å². The molecule has 15 heavy (non-hydrogen) atoms. The molecule has 1 aliphatic rings. The summed E-state index contributed by atoms with van der Waals surface area (Å²) in [4.78, 5) is 0. The fraction of sp³-hybridized carbons (Fsp3) is 0.455. The number of halogens is 3. The van der Waals surface area contributed by atoms with Crippen LogP contribution in [0.4, 0.5) is 8.78 Å². The highest BCUT2D eigenvalue weighted by Gasteiger charge is 2.39. The molecule has 0 unspecified atom stereocenters. The summed E-state index contributed by atoms with van der Waals surface area (Å²) >= 11 is 3.18. The molecule has 0 aliphatic heterocycles. The Morgan fingerprint density at radius 2 is 1.87 bits per heavy atom. The maximum Gasteiger partial charge on any atom is 0.159 e. The zero-order valence-corrected chi connectivity index (χ0v) is 9.65. The van der Waals surface area contributed by atoms with Crippen LogP contribution in [0.3, 0.4) is 0 Å². The standard InChI is InChI=1S/C11H11BrF2O/c12-8-6-10(14)9(13)5-7(8)1-2-11(15)3-4-11/h5-6,15H,1-4H2. The second-order valence-corrected chi connectivity index (χ2v) is 4.94. The monoisotopic (exact) mass is 276 g/mol. The SMILES string of the molecule is OC1(CCc2cc(F)c(F)cc2Br)CC1. The van der Waals surface area contributed by atoms with E-state index >= 15 is 0 Å². The molecule has 2 rings (SSSR count). The van der Waals surface area contributed by atoms with Crippen LogP contribution in [0.5, 0.6) is 0 Å². The summed E-state index contributed by atoms with van der Waals surface area (Å²) in [5, 5.41) is 9.62. The first-order valence-electron chi connectivity index (χ1n) is 4.86. The van der Waals surface area contributed by atoms with E-state index < -0.39 is 17.2 Å². The number of aliphatic hydroxyl groups is 1. The number of benzene rings is 1. The molecule has 1 aliphatic carbocycles. The molecule has 1 aromatic rings. The van der Waals surface area contributed by atoms with Gasteiger partial charge in [-0.15, -0.1) is 0 Å². The van der Waals surface area contributed by atoms with Gasteiger partial charge in [-0.1, -0.05) is 15.9 Å². The lowest BCUT2D eigenvalue weighted by Gasteiger charge is -2.09. The summed E-state index contributed by atoms with van der Waals surface area (Å²) in [6.07, 6.45) is 2.80. The molecule has 1 fully saturated rings. The van der Waals surface area contributed by atoms with Gasteiger partial charge in [-0.2, -0.15) is 0 Å². The van der Waals surface area contributed by atoms with Crippen LogP contribution >= 0.6 is 15.9 Å². The second-order valence-electron chi connectivity index (χ2n) is 4.08. The van der Waals surface area contributed by atoms with Gasteiger partial charge in [0.25, 0.3) is 0 Å². The largest absolute Gasteiger partial charge is 0.390 e. The van der Waals surface area contributed by atoms with Crippen LogP contribution in [0, 0.1) is 11.6 Å². The lowest BCUT2D eigenvalue weighted by molar-refractivity contribution is 0.140. The minimum absolute atomic E-state index is 0.551. The summed E-state index contributed by atoms with van der Waals surface area (Å²) in [5.74, 6) is -1.69. The average molecular weight is 277 g/mol. The lowest BCUT2D eigenvalue weighted by Crippen LogP contribution is -2.08. The van der Waals surface area contributed by atoms with Crippen LogP contribution < -0.4 is 0 Å². The Kier molecular flexibility index (Phi) is 2.81. The molecule has 0 saturated heterocycles. The molecule has 0 aromatic heterocycles. The Morgan fingerprint density at radius 3 is 2.47 bits per heavy atom. The van der Waals surface area contributed by atoms with E-state index in [1.165, 1.54) is 6.07 Å².